The van der Waals surface area contributed by atoms with E-state index in [0.29, 0.717) is 12.8 Å². The third kappa shape index (κ3) is 6.33. The van der Waals surface area contributed by atoms with E-state index in [-0.39, 0.29) is 57.5 Å². The van der Waals surface area contributed by atoms with Gasteiger partial charge < -0.3 is 15.2 Å². The number of aromatic carboxylic acids is 1. The Bertz CT molecular complexity index is 1420. The molecule has 1 atom stereocenters. The number of nitrogens with zero attached hydrogens (tertiary/aromatic N) is 2. The summed E-state index contributed by atoms with van der Waals surface area (Å²) in [6.07, 6.45) is 1.14. The molecule has 10 nitrogen and oxygen atoms in total. The van der Waals surface area contributed by atoms with Gasteiger partial charge in [-0.15, -0.1) is 0 Å². The van der Waals surface area contributed by atoms with E-state index < -0.39 is 21.8 Å². The van der Waals surface area contributed by atoms with Gasteiger partial charge in [0.2, 0.25) is 21.8 Å². The lowest BCUT2D eigenvalue weighted by Gasteiger charge is -2.16. The van der Waals surface area contributed by atoms with Crippen molar-refractivity contribution in [3.05, 3.63) is 59.5 Å². The zero-order chi connectivity index (χ0) is 27.3. The molecule has 3 N–H and O–H groups in total. The van der Waals surface area contributed by atoms with E-state index in [4.69, 9.17) is 4.74 Å². The minimum absolute atomic E-state index is 0.105. The second-order valence-corrected chi connectivity index (χ2v) is 10.2. The zero-order valence-electron chi connectivity index (χ0n) is 20.9. The first-order valence-corrected chi connectivity index (χ1v) is 13.2. The van der Waals surface area contributed by atoms with Crippen molar-refractivity contribution in [2.45, 2.75) is 45.4 Å². The van der Waals surface area contributed by atoms with Crippen LogP contribution in [0.25, 0.3) is 5.69 Å². The molecular weight excluding hydrogens is 503 g/mol. The molecule has 1 heterocycles. The van der Waals surface area contributed by atoms with E-state index in [9.17, 15) is 27.5 Å². The highest BCUT2D eigenvalue weighted by Gasteiger charge is 2.26. The van der Waals surface area contributed by atoms with Crippen molar-refractivity contribution in [3.8, 4) is 17.3 Å². The van der Waals surface area contributed by atoms with Crippen molar-refractivity contribution in [2.24, 2.45) is 5.92 Å². The predicted octanol–water partition coefficient (Wildman–Crippen LogP) is 4.48. The van der Waals surface area contributed by atoms with Gasteiger partial charge in [-0.25, -0.2) is 22.3 Å². The average molecular weight is 533 g/mol. The lowest BCUT2D eigenvalue weighted by Crippen LogP contribution is -2.25. The summed E-state index contributed by atoms with van der Waals surface area (Å²) in [7, 11) is -4.10. The number of carboxylic acid groups (broad SMARTS) is 1. The zero-order valence-corrected chi connectivity index (χ0v) is 21.7. The van der Waals surface area contributed by atoms with Crippen LogP contribution in [0, 0.1) is 18.7 Å². The molecular formula is C25H29FN4O6S. The van der Waals surface area contributed by atoms with Crippen LogP contribution in [-0.4, -0.2) is 41.7 Å². The van der Waals surface area contributed by atoms with Gasteiger partial charge in [0, 0.05) is 23.7 Å². The van der Waals surface area contributed by atoms with Crippen LogP contribution in [0.1, 0.15) is 49.7 Å². The summed E-state index contributed by atoms with van der Waals surface area (Å²) in [5.41, 5.74) is 0.189. The van der Waals surface area contributed by atoms with Crippen LogP contribution >= 0.6 is 0 Å². The number of sulfonamides is 1. The van der Waals surface area contributed by atoms with Gasteiger partial charge in [0.05, 0.1) is 5.69 Å². The van der Waals surface area contributed by atoms with E-state index in [2.05, 4.69) is 15.1 Å². The van der Waals surface area contributed by atoms with Crippen molar-refractivity contribution < 1.29 is 32.2 Å². The maximum Gasteiger partial charge on any atom is 0.356 e. The summed E-state index contributed by atoms with van der Waals surface area (Å²) in [4.78, 5) is 23.9. The Balaban J connectivity index is 2.15. The van der Waals surface area contributed by atoms with Crippen molar-refractivity contribution in [1.29, 1.82) is 0 Å². The molecule has 0 radical (unpaired) electrons. The molecule has 1 amide bonds. The SMILES string of the molecule is CCCNS(=O)(=O)c1cc(NC(=O)C(C)CC)ccc1Oc1c(C)c(C(=O)O)nn1-c1cccc(F)c1. The van der Waals surface area contributed by atoms with E-state index in [1.165, 1.54) is 43.3 Å². The molecule has 2 aromatic carbocycles. The van der Waals surface area contributed by atoms with Crippen LogP contribution in [0.3, 0.4) is 0 Å². The standard InChI is InChI=1S/C25H29FN4O6S/c1-5-12-27-37(34,35)21-14-18(28-23(31)15(3)6-2)10-11-20(21)36-24-16(4)22(25(32)33)29-30(24)19-9-7-8-17(26)13-19/h7-11,13-15,27H,5-6,12H2,1-4H3,(H,28,31)(H,32,33). The van der Waals surface area contributed by atoms with Crippen molar-refractivity contribution >= 4 is 27.6 Å². The average Bonchev–Trinajstić information content (AvgIpc) is 3.19. The third-order valence-electron chi connectivity index (χ3n) is 5.63. The van der Waals surface area contributed by atoms with Crippen LogP contribution < -0.4 is 14.8 Å². The minimum Gasteiger partial charge on any atom is -0.476 e. The summed E-state index contributed by atoms with van der Waals surface area (Å²) < 4.78 is 49.8. The Labute approximate surface area is 214 Å². The summed E-state index contributed by atoms with van der Waals surface area (Å²) >= 11 is 0. The number of halogens is 1. The molecule has 1 aromatic heterocycles. The van der Waals surface area contributed by atoms with E-state index in [1.807, 2.05) is 6.92 Å². The molecule has 0 saturated heterocycles. The number of carbonyl (C=O) groups excluding carboxylic acids is 1. The Morgan fingerprint density at radius 3 is 2.54 bits per heavy atom. The molecule has 0 spiro atoms. The number of hydrogen-bond donors (Lipinski definition) is 3. The first-order valence-electron chi connectivity index (χ1n) is 11.7. The van der Waals surface area contributed by atoms with E-state index >= 15 is 0 Å². The number of carboxylic acids is 1. The fourth-order valence-electron chi connectivity index (χ4n) is 3.34. The van der Waals surface area contributed by atoms with Crippen LogP contribution in [-0.2, 0) is 14.8 Å². The topological polar surface area (TPSA) is 140 Å². The van der Waals surface area contributed by atoms with Crippen molar-refractivity contribution in [3.63, 3.8) is 0 Å². The number of ether oxygens (including phenoxy) is 1. The van der Waals surface area contributed by atoms with Crippen LogP contribution in [0.2, 0.25) is 0 Å². The molecule has 198 valence electrons. The lowest BCUT2D eigenvalue weighted by atomic mass is 10.1. The number of carbonyl (C=O) groups is 2. The summed E-state index contributed by atoms with van der Waals surface area (Å²) in [5.74, 6) is -2.71. The van der Waals surface area contributed by atoms with E-state index in [1.54, 1.807) is 13.8 Å². The van der Waals surface area contributed by atoms with Gasteiger partial charge in [0.15, 0.2) is 5.69 Å². The number of anilines is 1. The van der Waals surface area contributed by atoms with Gasteiger partial charge in [-0.3, -0.25) is 4.79 Å². The maximum absolute atomic E-state index is 13.9. The fourth-order valence-corrected chi connectivity index (χ4v) is 4.62. The number of benzene rings is 2. The molecule has 0 aliphatic rings. The van der Waals surface area contributed by atoms with Crippen molar-refractivity contribution in [1.82, 2.24) is 14.5 Å². The fraction of sp³-hybridized carbons (Fsp3) is 0.320. The van der Waals surface area contributed by atoms with Gasteiger partial charge in [-0.1, -0.05) is 26.8 Å². The van der Waals surface area contributed by atoms with Gasteiger partial charge in [-0.2, -0.15) is 9.78 Å². The number of amides is 1. The van der Waals surface area contributed by atoms with Gasteiger partial charge >= 0.3 is 5.97 Å². The molecule has 3 rings (SSSR count). The third-order valence-corrected chi connectivity index (χ3v) is 7.12. The van der Waals surface area contributed by atoms with Crippen LogP contribution in [0.5, 0.6) is 11.6 Å². The predicted molar refractivity (Wildman–Crippen MR) is 135 cm³/mol. The number of aromatic nitrogens is 2. The monoisotopic (exact) mass is 532 g/mol. The van der Waals surface area contributed by atoms with Gasteiger partial charge in [0.25, 0.3) is 0 Å². The highest BCUT2D eigenvalue weighted by Crippen LogP contribution is 2.35. The molecule has 0 fully saturated rings. The quantitative estimate of drug-likeness (QED) is 0.331. The molecule has 0 bridgehead atoms. The molecule has 37 heavy (non-hydrogen) atoms. The van der Waals surface area contributed by atoms with Gasteiger partial charge in [-0.05, 0) is 56.2 Å². The number of hydrogen-bond acceptors (Lipinski definition) is 6. The Hall–Kier alpha value is -3.77. The maximum atomic E-state index is 13.9. The van der Waals surface area contributed by atoms with Crippen LogP contribution in [0.15, 0.2) is 47.4 Å². The summed E-state index contributed by atoms with van der Waals surface area (Å²) in [5, 5.41) is 16.3. The first kappa shape index (κ1) is 27.8. The second-order valence-electron chi connectivity index (χ2n) is 8.44. The largest absolute Gasteiger partial charge is 0.476 e. The second kappa shape index (κ2) is 11.5. The molecule has 12 heteroatoms. The summed E-state index contributed by atoms with van der Waals surface area (Å²) in [6, 6.07) is 9.38. The minimum atomic E-state index is -4.10. The Morgan fingerprint density at radius 2 is 1.92 bits per heavy atom. The molecule has 0 saturated carbocycles. The normalized spacial score (nSPS) is 12.2. The highest BCUT2D eigenvalue weighted by atomic mass is 32.2. The Kier molecular flexibility index (Phi) is 8.66. The molecule has 1 unspecified atom stereocenters. The first-order chi connectivity index (χ1) is 17.5. The van der Waals surface area contributed by atoms with Gasteiger partial charge in [0.1, 0.15) is 16.5 Å². The summed E-state index contributed by atoms with van der Waals surface area (Å²) in [6.45, 7) is 7.03. The lowest BCUT2D eigenvalue weighted by molar-refractivity contribution is -0.119. The highest BCUT2D eigenvalue weighted by molar-refractivity contribution is 7.89. The molecule has 3 aromatic rings. The molecule has 0 aliphatic heterocycles. The number of rotatable bonds is 11. The smallest absolute Gasteiger partial charge is 0.356 e. The van der Waals surface area contributed by atoms with Crippen LogP contribution in [0.4, 0.5) is 10.1 Å². The Morgan fingerprint density at radius 1 is 1.19 bits per heavy atom. The van der Waals surface area contributed by atoms with E-state index in [0.717, 1.165) is 10.7 Å². The van der Waals surface area contributed by atoms with Crippen molar-refractivity contribution in [2.75, 3.05) is 11.9 Å². The number of nitrogens with one attached hydrogen (secondary N) is 2. The molecule has 0 aliphatic carbocycles.